The third-order valence-electron chi connectivity index (χ3n) is 1.41. The van der Waals surface area contributed by atoms with E-state index in [4.69, 9.17) is 16.2 Å². The van der Waals surface area contributed by atoms with Gasteiger partial charge in [0.1, 0.15) is 0 Å². The molecule has 0 aliphatic heterocycles. The van der Waals surface area contributed by atoms with Gasteiger partial charge in [-0.15, -0.1) is 0 Å². The van der Waals surface area contributed by atoms with E-state index in [9.17, 15) is 4.79 Å². The second kappa shape index (κ2) is 6.67. The van der Waals surface area contributed by atoms with Gasteiger partial charge in [-0.25, -0.2) is 4.79 Å². The second-order valence-corrected chi connectivity index (χ2v) is 2.39. The van der Waals surface area contributed by atoms with Crippen LogP contribution in [0.2, 0.25) is 0 Å². The first-order valence-corrected chi connectivity index (χ1v) is 4.04. The molecule has 0 atom stereocenters. The molecule has 0 aromatic carbocycles. The summed E-state index contributed by atoms with van der Waals surface area (Å²) in [7, 11) is 0. The van der Waals surface area contributed by atoms with E-state index < -0.39 is 5.97 Å². The molecule has 4 N–H and O–H groups in total. The molecular formula is C8H16N2O2. The maximum atomic E-state index is 11.0. The summed E-state index contributed by atoms with van der Waals surface area (Å²) in [5.41, 5.74) is 10.7. The third kappa shape index (κ3) is 3.98. The van der Waals surface area contributed by atoms with Crippen LogP contribution in [-0.4, -0.2) is 19.1 Å². The zero-order valence-corrected chi connectivity index (χ0v) is 7.38. The van der Waals surface area contributed by atoms with E-state index in [0.717, 1.165) is 12.8 Å². The van der Waals surface area contributed by atoms with Crippen molar-refractivity contribution in [3.63, 3.8) is 0 Å². The molecule has 0 spiro atoms. The Labute approximate surface area is 72.6 Å². The highest BCUT2D eigenvalue weighted by atomic mass is 16.5. The molecule has 0 unspecified atom stereocenters. The van der Waals surface area contributed by atoms with Crippen molar-refractivity contribution in [2.45, 2.75) is 19.8 Å². The summed E-state index contributed by atoms with van der Waals surface area (Å²) in [5.74, 6) is -0.409. The van der Waals surface area contributed by atoms with Crippen LogP contribution in [0.15, 0.2) is 11.8 Å². The molecule has 0 aliphatic carbocycles. The van der Waals surface area contributed by atoms with Gasteiger partial charge in [0.05, 0.1) is 12.2 Å². The first-order chi connectivity index (χ1) is 5.76. The summed E-state index contributed by atoms with van der Waals surface area (Å²) in [6.45, 7) is 2.59. The number of hydrogen-bond donors (Lipinski definition) is 2. The molecule has 0 aromatic rings. The van der Waals surface area contributed by atoms with Gasteiger partial charge in [-0.3, -0.25) is 0 Å². The van der Waals surface area contributed by atoms with Gasteiger partial charge in [-0.05, 0) is 6.42 Å². The lowest BCUT2D eigenvalue weighted by Gasteiger charge is -2.04. The molecule has 0 aromatic heterocycles. The summed E-state index contributed by atoms with van der Waals surface area (Å²) in [4.78, 5) is 11.0. The Morgan fingerprint density at radius 1 is 1.58 bits per heavy atom. The van der Waals surface area contributed by atoms with Crippen LogP contribution >= 0.6 is 0 Å². The van der Waals surface area contributed by atoms with Crippen molar-refractivity contribution in [1.82, 2.24) is 0 Å². The van der Waals surface area contributed by atoms with Crippen LogP contribution in [0, 0.1) is 0 Å². The number of rotatable bonds is 5. The van der Waals surface area contributed by atoms with E-state index in [1.165, 1.54) is 6.20 Å². The quantitative estimate of drug-likeness (QED) is 0.351. The summed E-state index contributed by atoms with van der Waals surface area (Å²) >= 11 is 0. The Bertz CT molecular complexity index is 166. The van der Waals surface area contributed by atoms with Gasteiger partial charge in [-0.1, -0.05) is 13.3 Å². The molecule has 0 heterocycles. The fourth-order valence-corrected chi connectivity index (χ4v) is 0.621. The van der Waals surface area contributed by atoms with Crippen LogP contribution in [0.4, 0.5) is 0 Å². The third-order valence-corrected chi connectivity index (χ3v) is 1.41. The first kappa shape index (κ1) is 11.0. The Kier molecular flexibility index (Phi) is 6.09. The predicted molar refractivity (Wildman–Crippen MR) is 47.2 cm³/mol. The van der Waals surface area contributed by atoms with Gasteiger partial charge in [0.25, 0.3) is 0 Å². The van der Waals surface area contributed by atoms with E-state index in [0.29, 0.717) is 12.2 Å². The molecule has 12 heavy (non-hydrogen) atoms. The van der Waals surface area contributed by atoms with Crippen LogP contribution in [0.1, 0.15) is 19.8 Å². The average molecular weight is 172 g/mol. The average Bonchev–Trinajstić information content (AvgIpc) is 2.07. The largest absolute Gasteiger partial charge is 0.462 e. The van der Waals surface area contributed by atoms with Crippen molar-refractivity contribution in [1.29, 1.82) is 0 Å². The van der Waals surface area contributed by atoms with E-state index in [2.05, 4.69) is 0 Å². The molecule has 4 heteroatoms. The highest BCUT2D eigenvalue weighted by molar-refractivity contribution is 5.88. The standard InChI is InChI=1S/C8H16N2O2/c1-2-3-4-12-8(11)7(5-9)6-10/h5H,2-4,6,9-10H2,1H3/b7-5+. The van der Waals surface area contributed by atoms with Crippen LogP contribution in [-0.2, 0) is 9.53 Å². The second-order valence-electron chi connectivity index (χ2n) is 2.39. The normalized spacial score (nSPS) is 11.3. The van der Waals surface area contributed by atoms with Crippen LogP contribution in [0.3, 0.4) is 0 Å². The molecule has 0 saturated heterocycles. The summed E-state index contributed by atoms with van der Waals surface area (Å²) < 4.78 is 4.86. The highest BCUT2D eigenvalue weighted by Crippen LogP contribution is 1.95. The van der Waals surface area contributed by atoms with Gasteiger partial charge in [-0.2, -0.15) is 0 Å². The zero-order chi connectivity index (χ0) is 9.40. The van der Waals surface area contributed by atoms with Crippen molar-refractivity contribution >= 4 is 5.97 Å². The zero-order valence-electron chi connectivity index (χ0n) is 7.38. The number of hydrogen-bond acceptors (Lipinski definition) is 4. The Hall–Kier alpha value is -1.03. The van der Waals surface area contributed by atoms with Gasteiger partial charge in [0.2, 0.25) is 0 Å². The molecule has 0 bridgehead atoms. The molecule has 0 radical (unpaired) electrons. The van der Waals surface area contributed by atoms with Gasteiger partial charge in [0, 0.05) is 12.7 Å². The fourth-order valence-electron chi connectivity index (χ4n) is 0.621. The summed E-state index contributed by atoms with van der Waals surface area (Å²) in [5, 5.41) is 0. The number of unbranched alkanes of at least 4 members (excludes halogenated alkanes) is 1. The van der Waals surface area contributed by atoms with Crippen molar-refractivity contribution in [2.24, 2.45) is 11.5 Å². The lowest BCUT2D eigenvalue weighted by atomic mass is 10.3. The Balaban J connectivity index is 3.71. The number of nitrogens with two attached hydrogens (primary N) is 2. The number of ether oxygens (including phenoxy) is 1. The van der Waals surface area contributed by atoms with Gasteiger partial charge >= 0.3 is 5.97 Å². The number of carbonyl (C=O) groups excluding carboxylic acids is 1. The van der Waals surface area contributed by atoms with E-state index in [1.54, 1.807) is 0 Å². The van der Waals surface area contributed by atoms with E-state index in [1.807, 2.05) is 6.92 Å². The maximum Gasteiger partial charge on any atom is 0.336 e. The molecule has 0 saturated carbocycles. The first-order valence-electron chi connectivity index (χ1n) is 4.04. The predicted octanol–water partition coefficient (Wildman–Crippen LogP) is 0.131. The molecule has 0 aliphatic rings. The van der Waals surface area contributed by atoms with Crippen LogP contribution in [0.5, 0.6) is 0 Å². The van der Waals surface area contributed by atoms with E-state index in [-0.39, 0.29) is 6.54 Å². The Morgan fingerprint density at radius 3 is 2.67 bits per heavy atom. The summed E-state index contributed by atoms with van der Waals surface area (Å²) in [6, 6.07) is 0. The minimum atomic E-state index is -0.409. The minimum absolute atomic E-state index is 0.126. The molecule has 70 valence electrons. The Morgan fingerprint density at radius 2 is 2.25 bits per heavy atom. The molecule has 0 amide bonds. The molecule has 4 nitrogen and oxygen atoms in total. The maximum absolute atomic E-state index is 11.0. The lowest BCUT2D eigenvalue weighted by molar-refractivity contribution is -0.139. The summed E-state index contributed by atoms with van der Waals surface area (Å²) in [6.07, 6.45) is 3.06. The topological polar surface area (TPSA) is 78.3 Å². The SMILES string of the molecule is CCCCOC(=O)/C(=C/N)CN. The monoisotopic (exact) mass is 172 g/mol. The van der Waals surface area contributed by atoms with Crippen molar-refractivity contribution in [2.75, 3.05) is 13.2 Å². The smallest absolute Gasteiger partial charge is 0.336 e. The number of carbonyl (C=O) groups is 1. The van der Waals surface area contributed by atoms with Crippen LogP contribution in [0.25, 0.3) is 0 Å². The molecule has 0 rings (SSSR count). The fraction of sp³-hybridized carbons (Fsp3) is 0.625. The van der Waals surface area contributed by atoms with E-state index >= 15 is 0 Å². The molecule has 0 fully saturated rings. The lowest BCUT2D eigenvalue weighted by Crippen LogP contribution is -2.17. The van der Waals surface area contributed by atoms with Gasteiger partial charge in [0.15, 0.2) is 0 Å². The number of esters is 1. The molecular weight excluding hydrogens is 156 g/mol. The van der Waals surface area contributed by atoms with Crippen LogP contribution < -0.4 is 11.5 Å². The van der Waals surface area contributed by atoms with Gasteiger partial charge < -0.3 is 16.2 Å². The minimum Gasteiger partial charge on any atom is -0.462 e. The van der Waals surface area contributed by atoms with Crippen molar-refractivity contribution < 1.29 is 9.53 Å². The van der Waals surface area contributed by atoms with Crippen molar-refractivity contribution in [3.8, 4) is 0 Å². The van der Waals surface area contributed by atoms with Crippen molar-refractivity contribution in [3.05, 3.63) is 11.8 Å². The highest BCUT2D eigenvalue weighted by Gasteiger charge is 2.07.